The first-order valence-electron chi connectivity index (χ1n) is 11.7. The molecule has 0 aliphatic heterocycles. The maximum atomic E-state index is 12.7. The normalized spacial score (nSPS) is 14.5. The van der Waals surface area contributed by atoms with Gasteiger partial charge in [-0.1, -0.05) is 76.2 Å². The highest BCUT2D eigenvalue weighted by atomic mass is 16.5. The third-order valence-electron chi connectivity index (χ3n) is 6.00. The van der Waals surface area contributed by atoms with Gasteiger partial charge in [0.1, 0.15) is 12.6 Å². The zero-order valence-corrected chi connectivity index (χ0v) is 20.3. The highest BCUT2D eigenvalue weighted by Crippen LogP contribution is 2.44. The summed E-state index contributed by atoms with van der Waals surface area (Å²) in [6.07, 6.45) is 0.207. The Balaban J connectivity index is 1.64. The Kier molecular flexibility index (Phi) is 7.97. The lowest BCUT2D eigenvalue weighted by atomic mass is 9.87. The van der Waals surface area contributed by atoms with Crippen molar-refractivity contribution >= 4 is 18.0 Å². The monoisotopic (exact) mass is 466 g/mol. The summed E-state index contributed by atoms with van der Waals surface area (Å²) in [5.41, 5.74) is 4.40. The Labute approximate surface area is 200 Å². The van der Waals surface area contributed by atoms with Crippen LogP contribution in [0.25, 0.3) is 11.1 Å². The molecule has 182 valence electrons. The third kappa shape index (κ3) is 6.37. The molecule has 0 aromatic heterocycles. The Hall–Kier alpha value is -3.35. The van der Waals surface area contributed by atoms with Crippen molar-refractivity contribution in [2.75, 3.05) is 6.61 Å². The van der Waals surface area contributed by atoms with Gasteiger partial charge < -0.3 is 20.5 Å². The number of rotatable bonds is 9. The van der Waals surface area contributed by atoms with Crippen LogP contribution in [0.5, 0.6) is 0 Å². The molecule has 3 N–H and O–H groups in total. The quantitative estimate of drug-likeness (QED) is 0.497. The number of ether oxygens (including phenoxy) is 1. The minimum absolute atomic E-state index is 0.0226. The van der Waals surface area contributed by atoms with E-state index in [-0.39, 0.29) is 30.8 Å². The van der Waals surface area contributed by atoms with E-state index in [9.17, 15) is 19.5 Å². The van der Waals surface area contributed by atoms with Gasteiger partial charge in [-0.15, -0.1) is 0 Å². The molecule has 0 fully saturated rings. The van der Waals surface area contributed by atoms with Crippen molar-refractivity contribution in [2.45, 2.75) is 65.0 Å². The predicted molar refractivity (Wildman–Crippen MR) is 131 cm³/mol. The van der Waals surface area contributed by atoms with Crippen molar-refractivity contribution in [1.29, 1.82) is 0 Å². The molecular weight excluding hydrogens is 432 g/mol. The molecule has 2 amide bonds. The van der Waals surface area contributed by atoms with Gasteiger partial charge in [-0.25, -0.2) is 9.59 Å². The molecule has 0 saturated carbocycles. The maximum absolute atomic E-state index is 12.7. The molecule has 34 heavy (non-hydrogen) atoms. The SMILES string of the molecule is CCC(NC(=O)CC(CC(C)(C)C)NC(=O)OCC1c2ccccc2-c2ccccc21)C(=O)O. The molecule has 7 heteroatoms. The molecule has 2 atom stereocenters. The first-order chi connectivity index (χ1) is 16.1. The van der Waals surface area contributed by atoms with Crippen molar-refractivity contribution in [3.63, 3.8) is 0 Å². The van der Waals surface area contributed by atoms with Crippen molar-refractivity contribution < 1.29 is 24.2 Å². The van der Waals surface area contributed by atoms with Crippen LogP contribution in [-0.2, 0) is 14.3 Å². The average Bonchev–Trinajstić information content (AvgIpc) is 3.08. The number of nitrogens with one attached hydrogen (secondary N) is 2. The summed E-state index contributed by atoms with van der Waals surface area (Å²) in [6.45, 7) is 7.93. The van der Waals surface area contributed by atoms with E-state index in [0.717, 1.165) is 22.3 Å². The van der Waals surface area contributed by atoms with Gasteiger partial charge in [0.05, 0.1) is 0 Å². The number of hydrogen-bond acceptors (Lipinski definition) is 4. The first kappa shape index (κ1) is 25.3. The summed E-state index contributed by atoms with van der Waals surface area (Å²) in [7, 11) is 0. The summed E-state index contributed by atoms with van der Waals surface area (Å²) >= 11 is 0. The fourth-order valence-corrected chi connectivity index (χ4v) is 4.54. The van der Waals surface area contributed by atoms with E-state index >= 15 is 0 Å². The number of alkyl carbamates (subject to hydrolysis) is 1. The minimum atomic E-state index is -1.08. The second-order valence-corrected chi connectivity index (χ2v) is 10.0. The van der Waals surface area contributed by atoms with E-state index in [1.54, 1.807) is 6.92 Å². The van der Waals surface area contributed by atoms with Gasteiger partial charge in [0.15, 0.2) is 0 Å². The minimum Gasteiger partial charge on any atom is -0.480 e. The van der Waals surface area contributed by atoms with Crippen molar-refractivity contribution in [1.82, 2.24) is 10.6 Å². The number of amides is 2. The van der Waals surface area contributed by atoms with Crippen LogP contribution in [-0.4, -0.2) is 41.8 Å². The van der Waals surface area contributed by atoms with Crippen LogP contribution in [0.1, 0.15) is 64.0 Å². The van der Waals surface area contributed by atoms with Crippen molar-refractivity contribution in [2.24, 2.45) is 5.41 Å². The molecule has 2 aromatic rings. The largest absolute Gasteiger partial charge is 0.480 e. The molecule has 7 nitrogen and oxygen atoms in total. The Morgan fingerprint density at radius 2 is 1.53 bits per heavy atom. The first-order valence-corrected chi connectivity index (χ1v) is 11.7. The number of aliphatic carboxylic acids is 1. The molecule has 1 aliphatic carbocycles. The highest BCUT2D eigenvalue weighted by molar-refractivity contribution is 5.84. The summed E-state index contributed by atoms with van der Waals surface area (Å²) in [5, 5.41) is 14.5. The number of benzene rings is 2. The van der Waals surface area contributed by atoms with Crippen LogP contribution in [0.15, 0.2) is 48.5 Å². The van der Waals surface area contributed by atoms with Gasteiger partial charge in [-0.3, -0.25) is 4.79 Å². The molecule has 0 heterocycles. The zero-order chi connectivity index (χ0) is 24.9. The summed E-state index contributed by atoms with van der Waals surface area (Å²) < 4.78 is 5.63. The fourth-order valence-electron chi connectivity index (χ4n) is 4.54. The average molecular weight is 467 g/mol. The number of hydrogen-bond donors (Lipinski definition) is 3. The summed E-state index contributed by atoms with van der Waals surface area (Å²) in [6, 6.07) is 14.8. The number of carbonyl (C=O) groups is 3. The molecule has 0 radical (unpaired) electrons. The van der Waals surface area contributed by atoms with E-state index < -0.39 is 30.1 Å². The van der Waals surface area contributed by atoms with Crippen molar-refractivity contribution in [3.8, 4) is 11.1 Å². The van der Waals surface area contributed by atoms with Crippen LogP contribution in [0.2, 0.25) is 0 Å². The van der Waals surface area contributed by atoms with Crippen LogP contribution in [0.3, 0.4) is 0 Å². The second-order valence-electron chi connectivity index (χ2n) is 10.0. The van der Waals surface area contributed by atoms with E-state index in [2.05, 4.69) is 34.9 Å². The van der Waals surface area contributed by atoms with E-state index in [1.807, 2.05) is 45.0 Å². The van der Waals surface area contributed by atoms with E-state index in [1.165, 1.54) is 0 Å². The molecule has 0 bridgehead atoms. The lowest BCUT2D eigenvalue weighted by Crippen LogP contribution is -2.45. The van der Waals surface area contributed by atoms with Crippen LogP contribution in [0.4, 0.5) is 4.79 Å². The van der Waals surface area contributed by atoms with Crippen LogP contribution < -0.4 is 10.6 Å². The molecular formula is C27H34N2O5. The van der Waals surface area contributed by atoms with E-state index in [0.29, 0.717) is 6.42 Å². The van der Waals surface area contributed by atoms with Gasteiger partial charge in [-0.05, 0) is 40.5 Å². The number of fused-ring (bicyclic) bond motifs is 3. The molecule has 1 aliphatic rings. The summed E-state index contributed by atoms with van der Waals surface area (Å²) in [4.78, 5) is 36.4. The second kappa shape index (κ2) is 10.7. The summed E-state index contributed by atoms with van der Waals surface area (Å²) in [5.74, 6) is -1.54. The number of carbonyl (C=O) groups excluding carboxylic acids is 2. The highest BCUT2D eigenvalue weighted by Gasteiger charge is 2.30. The molecule has 2 aromatic carbocycles. The smallest absolute Gasteiger partial charge is 0.407 e. The molecule has 3 rings (SSSR count). The molecule has 0 saturated heterocycles. The topological polar surface area (TPSA) is 105 Å². The Morgan fingerprint density at radius 1 is 0.971 bits per heavy atom. The standard InChI is InChI=1S/C27H34N2O5/c1-5-23(25(31)32)29-24(30)14-17(15-27(2,3)4)28-26(33)34-16-22-20-12-8-6-10-18(20)19-11-7-9-13-21(19)22/h6-13,17,22-23H,5,14-16H2,1-4H3,(H,28,33)(H,29,30)(H,31,32). The number of carboxylic acids is 1. The van der Waals surface area contributed by atoms with Gasteiger partial charge in [-0.2, -0.15) is 0 Å². The fraction of sp³-hybridized carbons (Fsp3) is 0.444. The zero-order valence-electron chi connectivity index (χ0n) is 20.3. The van der Waals surface area contributed by atoms with Gasteiger partial charge in [0, 0.05) is 18.4 Å². The van der Waals surface area contributed by atoms with Gasteiger partial charge >= 0.3 is 12.1 Å². The Bertz CT molecular complexity index is 998. The maximum Gasteiger partial charge on any atom is 0.407 e. The predicted octanol–water partition coefficient (Wildman–Crippen LogP) is 4.70. The lowest BCUT2D eigenvalue weighted by molar-refractivity contribution is -0.142. The lowest BCUT2D eigenvalue weighted by Gasteiger charge is -2.27. The van der Waals surface area contributed by atoms with Crippen LogP contribution >= 0.6 is 0 Å². The third-order valence-corrected chi connectivity index (χ3v) is 6.00. The van der Waals surface area contributed by atoms with Gasteiger partial charge in [0.25, 0.3) is 0 Å². The molecule has 0 spiro atoms. The Morgan fingerprint density at radius 3 is 2.03 bits per heavy atom. The number of carboxylic acid groups (broad SMARTS) is 1. The van der Waals surface area contributed by atoms with E-state index in [4.69, 9.17) is 4.74 Å². The molecule has 2 unspecified atom stereocenters. The van der Waals surface area contributed by atoms with Crippen LogP contribution in [0, 0.1) is 5.41 Å². The van der Waals surface area contributed by atoms with Crippen molar-refractivity contribution in [3.05, 3.63) is 59.7 Å². The van der Waals surface area contributed by atoms with Gasteiger partial charge in [0.2, 0.25) is 5.91 Å².